The lowest BCUT2D eigenvalue weighted by Crippen LogP contribution is -2.35. The SMILES string of the molecule is Cc1cccc(C(=O)NCC(=O)O[C@@H](C)C(=O)Nc2ccc(C#N)cc2)c1. The number of benzene rings is 2. The molecule has 0 saturated heterocycles. The van der Waals surface area contributed by atoms with Crippen molar-refractivity contribution in [3.05, 3.63) is 65.2 Å². The van der Waals surface area contributed by atoms with Crippen LogP contribution in [-0.4, -0.2) is 30.4 Å². The van der Waals surface area contributed by atoms with Crippen LogP contribution >= 0.6 is 0 Å². The third kappa shape index (κ3) is 5.97. The maximum atomic E-state index is 12.1. The van der Waals surface area contributed by atoms with Crippen LogP contribution in [0.3, 0.4) is 0 Å². The quantitative estimate of drug-likeness (QED) is 0.763. The van der Waals surface area contributed by atoms with Crippen LogP contribution in [0.1, 0.15) is 28.4 Å². The number of aryl methyl sites for hydroxylation is 1. The molecule has 0 aliphatic heterocycles. The monoisotopic (exact) mass is 365 g/mol. The lowest BCUT2D eigenvalue weighted by atomic mass is 10.1. The smallest absolute Gasteiger partial charge is 0.326 e. The van der Waals surface area contributed by atoms with E-state index in [0.29, 0.717) is 16.8 Å². The Morgan fingerprint density at radius 2 is 1.85 bits per heavy atom. The first-order valence-electron chi connectivity index (χ1n) is 8.24. The molecule has 0 aliphatic carbocycles. The van der Waals surface area contributed by atoms with Crippen molar-refractivity contribution in [2.75, 3.05) is 11.9 Å². The molecule has 27 heavy (non-hydrogen) atoms. The summed E-state index contributed by atoms with van der Waals surface area (Å²) in [5.41, 5.74) is 2.32. The van der Waals surface area contributed by atoms with E-state index in [1.165, 1.54) is 6.92 Å². The number of nitrogens with zero attached hydrogens (tertiary/aromatic N) is 1. The summed E-state index contributed by atoms with van der Waals surface area (Å²) in [4.78, 5) is 35.9. The molecule has 0 fully saturated rings. The summed E-state index contributed by atoms with van der Waals surface area (Å²) in [6, 6.07) is 15.2. The maximum absolute atomic E-state index is 12.1. The van der Waals surface area contributed by atoms with Gasteiger partial charge in [-0.25, -0.2) is 0 Å². The highest BCUT2D eigenvalue weighted by Gasteiger charge is 2.18. The van der Waals surface area contributed by atoms with Crippen LogP contribution in [0.4, 0.5) is 5.69 Å². The molecule has 0 unspecified atom stereocenters. The number of anilines is 1. The minimum absolute atomic E-state index is 0.346. The van der Waals surface area contributed by atoms with E-state index < -0.39 is 23.9 Å². The van der Waals surface area contributed by atoms with E-state index in [0.717, 1.165) is 5.56 Å². The standard InChI is InChI=1S/C20H19N3O4/c1-13-4-3-5-16(10-13)20(26)22-12-18(24)27-14(2)19(25)23-17-8-6-15(11-21)7-9-17/h3-10,14H,12H2,1-2H3,(H,22,26)(H,23,25)/t14-/m0/s1. The van der Waals surface area contributed by atoms with Gasteiger partial charge >= 0.3 is 5.97 Å². The number of hydrogen-bond acceptors (Lipinski definition) is 5. The molecule has 2 aromatic carbocycles. The normalized spacial score (nSPS) is 11.0. The van der Waals surface area contributed by atoms with Crippen LogP contribution in [0.25, 0.3) is 0 Å². The summed E-state index contributed by atoms with van der Waals surface area (Å²) < 4.78 is 5.02. The van der Waals surface area contributed by atoms with Crippen LogP contribution in [0.5, 0.6) is 0 Å². The predicted octanol–water partition coefficient (Wildman–Crippen LogP) is 2.17. The van der Waals surface area contributed by atoms with Crippen LogP contribution < -0.4 is 10.6 Å². The first-order valence-corrected chi connectivity index (χ1v) is 8.24. The molecule has 0 saturated carbocycles. The van der Waals surface area contributed by atoms with Gasteiger partial charge in [-0.2, -0.15) is 5.26 Å². The van der Waals surface area contributed by atoms with Gasteiger partial charge in [-0.05, 0) is 50.2 Å². The zero-order valence-corrected chi connectivity index (χ0v) is 15.0. The van der Waals surface area contributed by atoms with Crippen molar-refractivity contribution in [2.24, 2.45) is 0 Å². The summed E-state index contributed by atoms with van der Waals surface area (Å²) in [5, 5.41) is 13.8. The molecule has 2 amide bonds. The Kier molecular flexibility index (Phi) is 6.67. The third-order valence-electron chi connectivity index (χ3n) is 3.63. The molecule has 0 aliphatic rings. The Balaban J connectivity index is 1.81. The lowest BCUT2D eigenvalue weighted by Gasteiger charge is -2.14. The van der Waals surface area contributed by atoms with Gasteiger partial charge in [0.2, 0.25) is 0 Å². The minimum atomic E-state index is -1.04. The molecule has 1 atom stereocenters. The topological polar surface area (TPSA) is 108 Å². The Hall–Kier alpha value is -3.66. The summed E-state index contributed by atoms with van der Waals surface area (Å²) >= 11 is 0. The van der Waals surface area contributed by atoms with Crippen molar-refractivity contribution in [1.29, 1.82) is 5.26 Å². The van der Waals surface area contributed by atoms with Crippen LogP contribution in [-0.2, 0) is 14.3 Å². The summed E-state index contributed by atoms with van der Waals surface area (Å²) in [5.74, 6) is -1.64. The highest BCUT2D eigenvalue weighted by molar-refractivity contribution is 5.97. The molecular weight excluding hydrogens is 346 g/mol. The van der Waals surface area contributed by atoms with Crippen molar-refractivity contribution in [1.82, 2.24) is 5.32 Å². The van der Waals surface area contributed by atoms with E-state index in [4.69, 9.17) is 10.00 Å². The minimum Gasteiger partial charge on any atom is -0.451 e. The lowest BCUT2D eigenvalue weighted by molar-refractivity contribution is -0.152. The maximum Gasteiger partial charge on any atom is 0.326 e. The average molecular weight is 365 g/mol. The summed E-state index contributed by atoms with van der Waals surface area (Å²) in [7, 11) is 0. The molecule has 0 bridgehead atoms. The van der Waals surface area contributed by atoms with Crippen LogP contribution in [0.2, 0.25) is 0 Å². The molecule has 138 valence electrons. The van der Waals surface area contributed by atoms with Crippen molar-refractivity contribution >= 4 is 23.5 Å². The Bertz CT molecular complexity index is 885. The molecule has 2 N–H and O–H groups in total. The fraction of sp³-hybridized carbons (Fsp3) is 0.200. The molecule has 0 aromatic heterocycles. The van der Waals surface area contributed by atoms with Crippen LogP contribution in [0.15, 0.2) is 48.5 Å². The van der Waals surface area contributed by atoms with Gasteiger partial charge in [-0.15, -0.1) is 0 Å². The highest BCUT2D eigenvalue weighted by atomic mass is 16.5. The first kappa shape index (κ1) is 19.7. The summed E-state index contributed by atoms with van der Waals surface area (Å²) in [6.07, 6.45) is -1.04. The predicted molar refractivity (Wildman–Crippen MR) is 98.9 cm³/mol. The fourth-order valence-electron chi connectivity index (χ4n) is 2.21. The number of ether oxygens (including phenoxy) is 1. The largest absolute Gasteiger partial charge is 0.451 e. The first-order chi connectivity index (χ1) is 12.9. The van der Waals surface area contributed by atoms with Gasteiger partial charge in [0.1, 0.15) is 6.54 Å². The summed E-state index contributed by atoms with van der Waals surface area (Å²) in [6.45, 7) is 2.94. The number of carbonyl (C=O) groups excluding carboxylic acids is 3. The molecule has 7 nitrogen and oxygen atoms in total. The van der Waals surface area contributed by atoms with Crippen molar-refractivity contribution < 1.29 is 19.1 Å². The average Bonchev–Trinajstić information content (AvgIpc) is 2.66. The zero-order chi connectivity index (χ0) is 19.8. The molecule has 0 heterocycles. The van der Waals surface area contributed by atoms with Crippen LogP contribution in [0, 0.1) is 18.3 Å². The number of carbonyl (C=O) groups is 3. The Morgan fingerprint density at radius 1 is 1.15 bits per heavy atom. The van der Waals surface area contributed by atoms with Gasteiger partial charge in [0, 0.05) is 11.3 Å². The van der Waals surface area contributed by atoms with Gasteiger partial charge < -0.3 is 15.4 Å². The second-order valence-corrected chi connectivity index (χ2v) is 5.86. The second kappa shape index (κ2) is 9.15. The van der Waals surface area contributed by atoms with E-state index in [1.807, 2.05) is 19.1 Å². The number of hydrogen-bond donors (Lipinski definition) is 2. The van der Waals surface area contributed by atoms with Crippen molar-refractivity contribution in [3.63, 3.8) is 0 Å². The number of nitrogens with one attached hydrogen (secondary N) is 2. The van der Waals surface area contributed by atoms with E-state index in [1.54, 1.807) is 42.5 Å². The van der Waals surface area contributed by atoms with E-state index in [2.05, 4.69) is 10.6 Å². The van der Waals surface area contributed by atoms with E-state index in [9.17, 15) is 14.4 Å². The van der Waals surface area contributed by atoms with E-state index >= 15 is 0 Å². The second-order valence-electron chi connectivity index (χ2n) is 5.86. The number of amides is 2. The number of esters is 1. The molecule has 2 rings (SSSR count). The molecule has 0 spiro atoms. The van der Waals surface area contributed by atoms with Gasteiger partial charge in [0.25, 0.3) is 11.8 Å². The third-order valence-corrected chi connectivity index (χ3v) is 3.63. The molecule has 2 aromatic rings. The highest BCUT2D eigenvalue weighted by Crippen LogP contribution is 2.10. The molecule has 0 radical (unpaired) electrons. The van der Waals surface area contributed by atoms with Gasteiger partial charge in [0.05, 0.1) is 11.6 Å². The fourth-order valence-corrected chi connectivity index (χ4v) is 2.21. The molecule has 7 heteroatoms. The number of rotatable bonds is 6. The Labute approximate surface area is 156 Å². The zero-order valence-electron chi connectivity index (χ0n) is 15.0. The number of nitriles is 1. The van der Waals surface area contributed by atoms with Crippen molar-refractivity contribution in [3.8, 4) is 6.07 Å². The van der Waals surface area contributed by atoms with E-state index in [-0.39, 0.29) is 6.54 Å². The van der Waals surface area contributed by atoms with Gasteiger partial charge in [-0.3, -0.25) is 14.4 Å². The Morgan fingerprint density at radius 3 is 2.48 bits per heavy atom. The van der Waals surface area contributed by atoms with Gasteiger partial charge in [0.15, 0.2) is 6.10 Å². The van der Waals surface area contributed by atoms with Crippen molar-refractivity contribution in [2.45, 2.75) is 20.0 Å². The molecular formula is C20H19N3O4. The van der Waals surface area contributed by atoms with Gasteiger partial charge in [-0.1, -0.05) is 17.7 Å².